The number of benzene rings is 1. The Bertz CT molecular complexity index is 1290. The Morgan fingerprint density at radius 3 is 2.44 bits per heavy atom. The number of carboxylic acid groups (broad SMARTS) is 1. The zero-order valence-corrected chi connectivity index (χ0v) is 21.1. The number of amides is 1. The Morgan fingerprint density at radius 1 is 1.08 bits per heavy atom. The average Bonchev–Trinajstić information content (AvgIpc) is 3.36. The second kappa shape index (κ2) is 12.3. The van der Waals surface area contributed by atoms with Crippen LogP contribution >= 0.6 is 0 Å². The Kier molecular flexibility index (Phi) is 8.85. The minimum Gasteiger partial charge on any atom is -0.481 e. The van der Waals surface area contributed by atoms with Crippen molar-refractivity contribution >= 4 is 17.6 Å². The van der Waals surface area contributed by atoms with Crippen molar-refractivity contribution in [2.45, 2.75) is 57.3 Å². The Labute approximate surface area is 223 Å². The van der Waals surface area contributed by atoms with Gasteiger partial charge in [0, 0.05) is 29.6 Å². The number of alkyl halides is 3. The molecule has 1 aliphatic rings. The summed E-state index contributed by atoms with van der Waals surface area (Å²) in [7, 11) is 0. The van der Waals surface area contributed by atoms with Crippen LogP contribution in [-0.2, 0) is 17.6 Å². The van der Waals surface area contributed by atoms with Crippen molar-refractivity contribution in [3.05, 3.63) is 71.2 Å². The van der Waals surface area contributed by atoms with Crippen molar-refractivity contribution in [2.24, 2.45) is 5.92 Å². The van der Waals surface area contributed by atoms with Crippen LogP contribution in [0.25, 0.3) is 5.82 Å². The molecule has 39 heavy (non-hydrogen) atoms. The van der Waals surface area contributed by atoms with Gasteiger partial charge in [-0.15, -0.1) is 0 Å². The van der Waals surface area contributed by atoms with Gasteiger partial charge in [-0.2, -0.15) is 18.3 Å². The van der Waals surface area contributed by atoms with Gasteiger partial charge in [0.15, 0.2) is 5.82 Å². The molecule has 1 saturated carbocycles. The molecule has 1 unspecified atom stereocenters. The van der Waals surface area contributed by atoms with E-state index >= 15 is 0 Å². The fourth-order valence-electron chi connectivity index (χ4n) is 4.83. The number of aliphatic hydroxyl groups is 1. The quantitative estimate of drug-likeness (QED) is 0.290. The molecule has 1 fully saturated rings. The third-order valence-electron chi connectivity index (χ3n) is 6.78. The molecule has 1 amide bonds. The number of aliphatic carboxylic acids is 1. The van der Waals surface area contributed by atoms with E-state index in [1.54, 1.807) is 30.5 Å². The lowest BCUT2D eigenvalue weighted by Gasteiger charge is -2.31. The highest BCUT2D eigenvalue weighted by atomic mass is 19.4. The third-order valence-corrected chi connectivity index (χ3v) is 6.78. The minimum absolute atomic E-state index is 0.00793. The molecule has 3 aromatic rings. The van der Waals surface area contributed by atoms with Gasteiger partial charge < -0.3 is 20.8 Å². The largest absolute Gasteiger partial charge is 0.481 e. The van der Waals surface area contributed by atoms with Crippen LogP contribution in [0.4, 0.5) is 18.9 Å². The van der Waals surface area contributed by atoms with E-state index in [4.69, 9.17) is 5.11 Å². The number of aliphatic hydroxyl groups excluding tert-OH is 1. The molecular formula is C27H30F3N5O4. The second-order valence-electron chi connectivity index (χ2n) is 9.51. The van der Waals surface area contributed by atoms with Gasteiger partial charge in [0.1, 0.15) is 5.69 Å². The lowest BCUT2D eigenvalue weighted by atomic mass is 9.81. The highest BCUT2D eigenvalue weighted by Crippen LogP contribution is 2.38. The molecule has 4 rings (SSSR count). The molecule has 9 nitrogen and oxygen atoms in total. The first-order valence-electron chi connectivity index (χ1n) is 12.8. The number of pyridine rings is 1. The second-order valence-corrected chi connectivity index (χ2v) is 9.51. The van der Waals surface area contributed by atoms with E-state index in [1.807, 2.05) is 0 Å². The highest BCUT2D eigenvalue weighted by molar-refractivity contribution is 5.94. The summed E-state index contributed by atoms with van der Waals surface area (Å²) in [5.74, 6) is -1.20. The molecule has 1 atom stereocenters. The number of carbonyl (C=O) groups is 2. The average molecular weight is 546 g/mol. The van der Waals surface area contributed by atoms with Crippen molar-refractivity contribution in [1.29, 1.82) is 0 Å². The highest BCUT2D eigenvalue weighted by Gasteiger charge is 2.33. The summed E-state index contributed by atoms with van der Waals surface area (Å²) in [6.45, 7) is -0.381. The van der Waals surface area contributed by atoms with Gasteiger partial charge in [-0.05, 0) is 55.2 Å². The zero-order valence-electron chi connectivity index (χ0n) is 21.1. The molecule has 0 saturated heterocycles. The van der Waals surface area contributed by atoms with E-state index < -0.39 is 24.4 Å². The minimum atomic E-state index is -4.60. The predicted octanol–water partition coefficient (Wildman–Crippen LogP) is 4.72. The number of carboxylic acids is 1. The smallest absolute Gasteiger partial charge is 0.433 e. The van der Waals surface area contributed by atoms with Gasteiger partial charge in [-0.3, -0.25) is 9.59 Å². The SMILES string of the molecule is O=C(O)CCNC(=O)c1ccc(NC(c2cn(-c3cccc(C(F)(F)F)n3)nc2CO)C2CCCCC2)cc1. The molecule has 0 spiro atoms. The van der Waals surface area contributed by atoms with Gasteiger partial charge in [-0.25, -0.2) is 9.67 Å². The maximum absolute atomic E-state index is 13.2. The van der Waals surface area contributed by atoms with Gasteiger partial charge in [0.25, 0.3) is 5.91 Å². The molecule has 4 N–H and O–H groups in total. The summed E-state index contributed by atoms with van der Waals surface area (Å²) in [4.78, 5) is 26.7. The van der Waals surface area contributed by atoms with E-state index in [1.165, 1.54) is 16.8 Å². The fourth-order valence-corrected chi connectivity index (χ4v) is 4.83. The van der Waals surface area contributed by atoms with Gasteiger partial charge >= 0.3 is 12.1 Å². The normalized spacial score (nSPS) is 15.1. The number of nitrogens with one attached hydrogen (secondary N) is 2. The van der Waals surface area contributed by atoms with E-state index in [2.05, 4.69) is 20.7 Å². The topological polar surface area (TPSA) is 129 Å². The third kappa shape index (κ3) is 7.14. The number of carbonyl (C=O) groups excluding carboxylic acids is 1. The van der Waals surface area contributed by atoms with E-state index in [0.29, 0.717) is 22.5 Å². The van der Waals surface area contributed by atoms with Crippen molar-refractivity contribution in [3.63, 3.8) is 0 Å². The number of halogens is 3. The maximum Gasteiger partial charge on any atom is 0.433 e. The lowest BCUT2D eigenvalue weighted by Crippen LogP contribution is -2.26. The van der Waals surface area contributed by atoms with Crippen LogP contribution in [0.1, 0.15) is 71.9 Å². The van der Waals surface area contributed by atoms with Crippen LogP contribution in [0.2, 0.25) is 0 Å². The summed E-state index contributed by atoms with van der Waals surface area (Å²) in [6.07, 6.45) is 1.90. The maximum atomic E-state index is 13.2. The van der Waals surface area contributed by atoms with Crippen molar-refractivity contribution < 1.29 is 33.0 Å². The van der Waals surface area contributed by atoms with E-state index in [-0.39, 0.29) is 36.7 Å². The van der Waals surface area contributed by atoms with Gasteiger partial charge in [-0.1, -0.05) is 25.3 Å². The summed E-state index contributed by atoms with van der Waals surface area (Å²) in [5.41, 5.74) is 1.06. The molecule has 2 heterocycles. The Hall–Kier alpha value is -3.93. The molecule has 2 aromatic heterocycles. The first-order chi connectivity index (χ1) is 18.7. The molecule has 0 aliphatic heterocycles. The van der Waals surface area contributed by atoms with Crippen LogP contribution < -0.4 is 10.6 Å². The van der Waals surface area contributed by atoms with Crippen LogP contribution in [0.15, 0.2) is 48.7 Å². The number of nitrogens with zero attached hydrogens (tertiary/aromatic N) is 3. The van der Waals surface area contributed by atoms with Crippen LogP contribution in [-0.4, -0.2) is 43.4 Å². The monoisotopic (exact) mass is 545 g/mol. The number of anilines is 1. The summed E-state index contributed by atoms with van der Waals surface area (Å²) in [6, 6.07) is 10.0. The number of hydrogen-bond donors (Lipinski definition) is 4. The molecule has 1 aliphatic carbocycles. The van der Waals surface area contributed by atoms with Crippen LogP contribution in [0.5, 0.6) is 0 Å². The molecule has 0 radical (unpaired) electrons. The summed E-state index contributed by atoms with van der Waals surface area (Å²) < 4.78 is 40.9. The van der Waals surface area contributed by atoms with Crippen molar-refractivity contribution in [2.75, 3.05) is 11.9 Å². The predicted molar refractivity (Wildman–Crippen MR) is 136 cm³/mol. The van der Waals surface area contributed by atoms with Crippen molar-refractivity contribution in [1.82, 2.24) is 20.1 Å². The Balaban J connectivity index is 1.60. The number of aromatic nitrogens is 3. The van der Waals surface area contributed by atoms with Gasteiger partial charge in [0.05, 0.1) is 24.8 Å². The first kappa shape index (κ1) is 28.1. The van der Waals surface area contributed by atoms with Gasteiger partial charge in [0.2, 0.25) is 0 Å². The fraction of sp³-hybridized carbons (Fsp3) is 0.407. The van der Waals surface area contributed by atoms with E-state index in [9.17, 15) is 27.9 Å². The van der Waals surface area contributed by atoms with E-state index in [0.717, 1.165) is 38.2 Å². The number of hydrogen-bond acceptors (Lipinski definition) is 6. The van der Waals surface area contributed by atoms with Crippen LogP contribution in [0, 0.1) is 5.92 Å². The Morgan fingerprint density at radius 2 is 1.79 bits per heavy atom. The van der Waals surface area contributed by atoms with Crippen LogP contribution in [0.3, 0.4) is 0 Å². The molecule has 12 heteroatoms. The van der Waals surface area contributed by atoms with Crippen molar-refractivity contribution in [3.8, 4) is 5.82 Å². The molecule has 1 aromatic carbocycles. The first-order valence-corrected chi connectivity index (χ1v) is 12.8. The molecule has 0 bridgehead atoms. The zero-order chi connectivity index (χ0) is 28.0. The lowest BCUT2D eigenvalue weighted by molar-refractivity contribution is -0.141. The number of rotatable bonds is 10. The molecular weight excluding hydrogens is 515 g/mol. The summed E-state index contributed by atoms with van der Waals surface area (Å²) >= 11 is 0. The summed E-state index contributed by atoms with van der Waals surface area (Å²) in [5, 5.41) is 29.2. The molecule has 208 valence electrons. The standard InChI is InChI=1S/C27H30F3N5O4/c28-27(29,30)22-7-4-8-23(33-22)35-15-20(21(16-36)34-35)25(17-5-2-1-3-6-17)32-19-11-9-18(10-12-19)26(39)31-14-13-24(37)38/h4,7-12,15,17,25,32,36H,1-3,5-6,13-14,16H2,(H,31,39)(H,37,38).